The van der Waals surface area contributed by atoms with Crippen molar-refractivity contribution in [3.05, 3.63) is 51.5 Å². The standard InChI is InChI=1S/C13H10FNO3S/c1-7-4-5-19-11(7)12(16)15-10-6-8(14)2-3-9(10)13(17)18/h2-6H,1H3,(H,15,16)(H,17,18). The number of aryl methyl sites for hydroxylation is 1. The van der Waals surface area contributed by atoms with Gasteiger partial charge in [0.25, 0.3) is 5.91 Å². The van der Waals surface area contributed by atoms with Crippen LogP contribution in [0.15, 0.2) is 29.6 Å². The zero-order valence-corrected chi connectivity index (χ0v) is 10.8. The van der Waals surface area contributed by atoms with Crippen molar-refractivity contribution in [3.8, 4) is 0 Å². The number of amides is 1. The molecule has 0 aliphatic carbocycles. The number of aromatic carboxylic acids is 1. The van der Waals surface area contributed by atoms with Crippen LogP contribution in [0.25, 0.3) is 0 Å². The van der Waals surface area contributed by atoms with Gasteiger partial charge in [-0.2, -0.15) is 0 Å². The third-order valence-corrected chi connectivity index (χ3v) is 3.54. The number of carbonyl (C=O) groups is 2. The molecular formula is C13H10FNO3S. The quantitative estimate of drug-likeness (QED) is 0.907. The average molecular weight is 279 g/mol. The number of hydrogen-bond acceptors (Lipinski definition) is 3. The highest BCUT2D eigenvalue weighted by Crippen LogP contribution is 2.21. The minimum absolute atomic E-state index is 0.0506. The molecule has 0 spiro atoms. The molecule has 4 nitrogen and oxygen atoms in total. The molecule has 0 aliphatic rings. The normalized spacial score (nSPS) is 10.2. The number of thiophene rings is 1. The molecule has 6 heteroatoms. The number of benzene rings is 1. The summed E-state index contributed by atoms with van der Waals surface area (Å²) in [6, 6.07) is 4.93. The summed E-state index contributed by atoms with van der Waals surface area (Å²) in [7, 11) is 0. The minimum Gasteiger partial charge on any atom is -0.478 e. The molecule has 0 fully saturated rings. The molecule has 0 saturated heterocycles. The summed E-state index contributed by atoms with van der Waals surface area (Å²) in [6.07, 6.45) is 0. The maximum atomic E-state index is 13.1. The summed E-state index contributed by atoms with van der Waals surface area (Å²) in [5.41, 5.74) is 0.588. The van der Waals surface area contributed by atoms with Gasteiger partial charge in [0.1, 0.15) is 5.82 Å². The number of halogens is 1. The lowest BCUT2D eigenvalue weighted by atomic mass is 10.1. The van der Waals surface area contributed by atoms with E-state index in [2.05, 4.69) is 5.32 Å². The lowest BCUT2D eigenvalue weighted by Gasteiger charge is -2.08. The van der Waals surface area contributed by atoms with Crippen LogP contribution in [0.3, 0.4) is 0 Å². The van der Waals surface area contributed by atoms with E-state index in [4.69, 9.17) is 5.11 Å². The zero-order valence-electron chi connectivity index (χ0n) is 9.94. The van der Waals surface area contributed by atoms with Crippen molar-refractivity contribution in [3.63, 3.8) is 0 Å². The zero-order chi connectivity index (χ0) is 14.0. The van der Waals surface area contributed by atoms with Gasteiger partial charge < -0.3 is 10.4 Å². The summed E-state index contributed by atoms with van der Waals surface area (Å²) in [4.78, 5) is 23.4. The van der Waals surface area contributed by atoms with Crippen LogP contribution in [0, 0.1) is 12.7 Å². The Bertz CT molecular complexity index is 651. The molecule has 19 heavy (non-hydrogen) atoms. The van der Waals surface area contributed by atoms with Crippen LogP contribution in [-0.2, 0) is 0 Å². The molecule has 0 saturated carbocycles. The summed E-state index contributed by atoms with van der Waals surface area (Å²) in [6.45, 7) is 1.77. The van der Waals surface area contributed by atoms with E-state index in [0.717, 1.165) is 23.8 Å². The molecular weight excluding hydrogens is 269 g/mol. The maximum Gasteiger partial charge on any atom is 0.337 e. The number of carbonyl (C=O) groups excluding carboxylic acids is 1. The maximum absolute atomic E-state index is 13.1. The number of carboxylic acids is 1. The van der Waals surface area contributed by atoms with E-state index in [-0.39, 0.29) is 11.3 Å². The minimum atomic E-state index is -1.22. The molecule has 2 rings (SSSR count). The van der Waals surface area contributed by atoms with Gasteiger partial charge in [-0.05, 0) is 42.1 Å². The molecule has 0 radical (unpaired) electrons. The smallest absolute Gasteiger partial charge is 0.337 e. The SMILES string of the molecule is Cc1ccsc1C(=O)Nc1cc(F)ccc1C(=O)O. The monoisotopic (exact) mass is 279 g/mol. The molecule has 0 unspecified atom stereocenters. The molecule has 0 atom stereocenters. The van der Waals surface area contributed by atoms with Gasteiger partial charge in [-0.25, -0.2) is 9.18 Å². The molecule has 1 aromatic carbocycles. The van der Waals surface area contributed by atoms with Crippen molar-refractivity contribution >= 4 is 28.9 Å². The molecule has 0 aliphatic heterocycles. The number of hydrogen-bond donors (Lipinski definition) is 2. The average Bonchev–Trinajstić information content (AvgIpc) is 2.75. The first-order valence-electron chi connectivity index (χ1n) is 5.37. The van der Waals surface area contributed by atoms with Crippen molar-refractivity contribution in [1.82, 2.24) is 0 Å². The molecule has 1 amide bonds. The Balaban J connectivity index is 2.33. The lowest BCUT2D eigenvalue weighted by Crippen LogP contribution is -2.14. The first-order valence-corrected chi connectivity index (χ1v) is 6.25. The molecule has 1 aromatic heterocycles. The Labute approximate surface area is 112 Å². The van der Waals surface area contributed by atoms with Crippen LogP contribution in [0.4, 0.5) is 10.1 Å². The first-order chi connectivity index (χ1) is 8.99. The Hall–Kier alpha value is -2.21. The predicted molar refractivity (Wildman–Crippen MR) is 70.4 cm³/mol. The van der Waals surface area contributed by atoms with E-state index < -0.39 is 17.7 Å². The Kier molecular flexibility index (Phi) is 3.62. The fourth-order valence-electron chi connectivity index (χ4n) is 1.59. The first kappa shape index (κ1) is 13.2. The summed E-state index contributed by atoms with van der Waals surface area (Å²) in [5.74, 6) is -2.28. The predicted octanol–water partition coefficient (Wildman–Crippen LogP) is 3.15. The van der Waals surface area contributed by atoms with Gasteiger partial charge in [-0.3, -0.25) is 4.79 Å². The van der Waals surface area contributed by atoms with Crippen LogP contribution >= 0.6 is 11.3 Å². The number of rotatable bonds is 3. The Morgan fingerprint density at radius 3 is 2.63 bits per heavy atom. The van der Waals surface area contributed by atoms with Crippen molar-refractivity contribution in [2.75, 3.05) is 5.32 Å². The van der Waals surface area contributed by atoms with Crippen LogP contribution in [-0.4, -0.2) is 17.0 Å². The molecule has 0 bridgehead atoms. The topological polar surface area (TPSA) is 66.4 Å². The van der Waals surface area contributed by atoms with Gasteiger partial charge in [0.15, 0.2) is 0 Å². The molecule has 1 heterocycles. The second-order valence-corrected chi connectivity index (χ2v) is 4.80. The van der Waals surface area contributed by atoms with Gasteiger partial charge in [0, 0.05) is 0 Å². The number of anilines is 1. The highest BCUT2D eigenvalue weighted by Gasteiger charge is 2.16. The highest BCUT2D eigenvalue weighted by molar-refractivity contribution is 7.12. The molecule has 2 aromatic rings. The molecule has 98 valence electrons. The lowest BCUT2D eigenvalue weighted by molar-refractivity contribution is 0.0698. The third-order valence-electron chi connectivity index (χ3n) is 2.53. The van der Waals surface area contributed by atoms with Gasteiger partial charge >= 0.3 is 5.97 Å². The van der Waals surface area contributed by atoms with E-state index in [1.54, 1.807) is 18.4 Å². The van der Waals surface area contributed by atoms with E-state index in [1.165, 1.54) is 11.3 Å². The molecule has 2 N–H and O–H groups in total. The Morgan fingerprint density at radius 1 is 1.32 bits per heavy atom. The van der Waals surface area contributed by atoms with Gasteiger partial charge in [0.05, 0.1) is 16.1 Å². The largest absolute Gasteiger partial charge is 0.478 e. The number of nitrogens with one attached hydrogen (secondary N) is 1. The van der Waals surface area contributed by atoms with Crippen LogP contribution < -0.4 is 5.32 Å². The second kappa shape index (κ2) is 5.19. The van der Waals surface area contributed by atoms with E-state index >= 15 is 0 Å². The third kappa shape index (κ3) is 2.79. The van der Waals surface area contributed by atoms with Crippen LogP contribution in [0.2, 0.25) is 0 Å². The van der Waals surface area contributed by atoms with Crippen molar-refractivity contribution < 1.29 is 19.1 Å². The fraction of sp³-hybridized carbons (Fsp3) is 0.0769. The number of carboxylic acid groups (broad SMARTS) is 1. The second-order valence-electron chi connectivity index (χ2n) is 3.88. The van der Waals surface area contributed by atoms with E-state index in [9.17, 15) is 14.0 Å². The summed E-state index contributed by atoms with van der Waals surface area (Å²) in [5, 5.41) is 13.2. The van der Waals surface area contributed by atoms with Crippen LogP contribution in [0.5, 0.6) is 0 Å². The summed E-state index contributed by atoms with van der Waals surface area (Å²) >= 11 is 1.24. The van der Waals surface area contributed by atoms with Crippen molar-refractivity contribution in [2.45, 2.75) is 6.92 Å². The van der Waals surface area contributed by atoms with E-state index in [1.807, 2.05) is 0 Å². The summed E-state index contributed by atoms with van der Waals surface area (Å²) < 4.78 is 13.1. The van der Waals surface area contributed by atoms with E-state index in [0.29, 0.717) is 4.88 Å². The van der Waals surface area contributed by atoms with Crippen molar-refractivity contribution in [1.29, 1.82) is 0 Å². The van der Waals surface area contributed by atoms with Crippen molar-refractivity contribution in [2.24, 2.45) is 0 Å². The van der Waals surface area contributed by atoms with Crippen LogP contribution in [0.1, 0.15) is 25.6 Å². The van der Waals surface area contributed by atoms with Gasteiger partial charge in [-0.15, -0.1) is 11.3 Å². The fourth-order valence-corrected chi connectivity index (χ4v) is 2.41. The van der Waals surface area contributed by atoms with Gasteiger partial charge in [-0.1, -0.05) is 0 Å². The highest BCUT2D eigenvalue weighted by atomic mass is 32.1. The van der Waals surface area contributed by atoms with Gasteiger partial charge in [0.2, 0.25) is 0 Å². The Morgan fingerprint density at radius 2 is 2.05 bits per heavy atom.